The molecule has 0 atom stereocenters. The van der Waals surface area contributed by atoms with E-state index in [1.54, 1.807) is 31.4 Å². The number of benzene rings is 2. The van der Waals surface area contributed by atoms with E-state index in [1.807, 2.05) is 31.2 Å². The second kappa shape index (κ2) is 7.17. The predicted octanol–water partition coefficient (Wildman–Crippen LogP) is 3.25. The maximum Gasteiger partial charge on any atom is 0.213 e. The Kier molecular flexibility index (Phi) is 4.79. The Hall–Kier alpha value is -3.15. The molecule has 0 fully saturated rings. The molecule has 25 heavy (non-hydrogen) atoms. The molecule has 0 spiro atoms. The number of hydrogen-bond donors (Lipinski definition) is 1. The standard InChI is InChI=1S/C19H20N4O2/c1-3-6-15(20)18(19(24)13-9-11-14(25-2)12-10-13)23-17-8-5-4-7-16(17)21-22-23/h4-5,7-12H,3,6,20H2,1-2H3/b18-15+. The van der Waals surface area contributed by atoms with E-state index in [0.29, 0.717) is 34.6 Å². The topological polar surface area (TPSA) is 83.0 Å². The number of fused-ring (bicyclic) bond motifs is 1. The molecule has 0 unspecified atom stereocenters. The summed E-state index contributed by atoms with van der Waals surface area (Å²) in [6.45, 7) is 2.02. The van der Waals surface area contributed by atoms with Crippen molar-refractivity contribution in [1.29, 1.82) is 0 Å². The van der Waals surface area contributed by atoms with Crippen LogP contribution in [0.5, 0.6) is 5.75 Å². The van der Waals surface area contributed by atoms with Gasteiger partial charge in [-0.05, 0) is 42.8 Å². The molecular formula is C19H20N4O2. The van der Waals surface area contributed by atoms with E-state index in [4.69, 9.17) is 10.5 Å². The quantitative estimate of drug-likeness (QED) is 0.552. The van der Waals surface area contributed by atoms with Gasteiger partial charge in [-0.2, -0.15) is 0 Å². The molecule has 0 aliphatic rings. The van der Waals surface area contributed by atoms with Crippen molar-refractivity contribution >= 4 is 22.5 Å². The van der Waals surface area contributed by atoms with E-state index >= 15 is 0 Å². The first kappa shape index (κ1) is 16.7. The van der Waals surface area contributed by atoms with E-state index < -0.39 is 0 Å². The van der Waals surface area contributed by atoms with Crippen LogP contribution in [0.3, 0.4) is 0 Å². The van der Waals surface area contributed by atoms with Crippen LogP contribution < -0.4 is 10.5 Å². The molecule has 3 rings (SSSR count). The summed E-state index contributed by atoms with van der Waals surface area (Å²) in [5.41, 5.74) is 9.08. The number of ketones is 1. The smallest absolute Gasteiger partial charge is 0.213 e. The largest absolute Gasteiger partial charge is 0.497 e. The molecule has 6 nitrogen and oxygen atoms in total. The number of Topliss-reactive ketones (excluding diaryl/α,β-unsaturated/α-hetero) is 1. The third kappa shape index (κ3) is 3.24. The average molecular weight is 336 g/mol. The minimum absolute atomic E-state index is 0.191. The van der Waals surface area contributed by atoms with Crippen LogP contribution in [0.4, 0.5) is 0 Å². The average Bonchev–Trinajstić information content (AvgIpc) is 3.06. The number of nitrogens with two attached hydrogens (primary N) is 1. The van der Waals surface area contributed by atoms with Crippen LogP contribution in [-0.2, 0) is 0 Å². The van der Waals surface area contributed by atoms with Crippen LogP contribution >= 0.6 is 0 Å². The second-order valence-electron chi connectivity index (χ2n) is 5.67. The molecule has 1 heterocycles. The summed E-state index contributed by atoms with van der Waals surface area (Å²) in [6, 6.07) is 14.4. The number of methoxy groups -OCH3 is 1. The van der Waals surface area contributed by atoms with E-state index in [0.717, 1.165) is 11.9 Å². The Labute approximate surface area is 145 Å². The molecule has 6 heteroatoms. The number of rotatable bonds is 6. The van der Waals surface area contributed by atoms with Crippen LogP contribution in [-0.4, -0.2) is 27.9 Å². The first-order valence-electron chi connectivity index (χ1n) is 8.14. The zero-order chi connectivity index (χ0) is 17.8. The first-order valence-corrected chi connectivity index (χ1v) is 8.14. The van der Waals surface area contributed by atoms with E-state index in [9.17, 15) is 4.79 Å². The van der Waals surface area contributed by atoms with Crippen molar-refractivity contribution in [3.8, 4) is 5.75 Å². The van der Waals surface area contributed by atoms with Gasteiger partial charge in [0.15, 0.2) is 0 Å². The predicted molar refractivity (Wildman–Crippen MR) is 97.2 cm³/mol. The van der Waals surface area contributed by atoms with Gasteiger partial charge in [-0.3, -0.25) is 4.79 Å². The highest BCUT2D eigenvalue weighted by atomic mass is 16.5. The molecule has 1 aromatic heterocycles. The van der Waals surface area contributed by atoms with Crippen molar-refractivity contribution in [2.24, 2.45) is 5.73 Å². The maximum atomic E-state index is 13.1. The molecule has 0 aliphatic carbocycles. The highest BCUT2D eigenvalue weighted by molar-refractivity contribution is 6.25. The summed E-state index contributed by atoms with van der Waals surface area (Å²) < 4.78 is 6.68. The number of allylic oxidation sites excluding steroid dienone is 2. The molecular weight excluding hydrogens is 316 g/mol. The van der Waals surface area contributed by atoms with Crippen molar-refractivity contribution in [3.63, 3.8) is 0 Å². The van der Waals surface area contributed by atoms with Crippen molar-refractivity contribution in [3.05, 3.63) is 59.8 Å². The maximum absolute atomic E-state index is 13.1. The Morgan fingerprint density at radius 2 is 1.88 bits per heavy atom. The molecule has 0 saturated heterocycles. The summed E-state index contributed by atoms with van der Waals surface area (Å²) in [5, 5.41) is 8.30. The third-order valence-electron chi connectivity index (χ3n) is 3.95. The van der Waals surface area contributed by atoms with Crippen LogP contribution in [0, 0.1) is 0 Å². The molecule has 2 aromatic carbocycles. The molecule has 0 radical (unpaired) electrons. The fraction of sp³-hybridized carbons (Fsp3) is 0.211. The van der Waals surface area contributed by atoms with Gasteiger partial charge in [0.1, 0.15) is 17.0 Å². The number of carbonyl (C=O) groups is 1. The monoisotopic (exact) mass is 336 g/mol. The molecule has 0 aliphatic heterocycles. The lowest BCUT2D eigenvalue weighted by atomic mass is 10.0. The summed E-state index contributed by atoms with van der Waals surface area (Å²) >= 11 is 0. The molecule has 3 aromatic rings. The van der Waals surface area contributed by atoms with Crippen molar-refractivity contribution < 1.29 is 9.53 Å². The Bertz CT molecular complexity index is 926. The Morgan fingerprint density at radius 1 is 1.16 bits per heavy atom. The van der Waals surface area contributed by atoms with Crippen LogP contribution in [0.25, 0.3) is 16.7 Å². The highest BCUT2D eigenvalue weighted by Crippen LogP contribution is 2.23. The van der Waals surface area contributed by atoms with Gasteiger partial charge in [0, 0.05) is 11.3 Å². The minimum Gasteiger partial charge on any atom is -0.497 e. The Morgan fingerprint density at radius 3 is 2.56 bits per heavy atom. The molecule has 0 bridgehead atoms. The van der Waals surface area contributed by atoms with E-state index in [-0.39, 0.29) is 5.78 Å². The number of aromatic nitrogens is 3. The number of nitrogens with zero attached hydrogens (tertiary/aromatic N) is 3. The Balaban J connectivity index is 2.12. The first-order chi connectivity index (χ1) is 12.2. The lowest BCUT2D eigenvalue weighted by Crippen LogP contribution is -2.17. The molecule has 0 amide bonds. The normalized spacial score (nSPS) is 12.1. The fourth-order valence-corrected chi connectivity index (χ4v) is 2.68. The highest BCUT2D eigenvalue weighted by Gasteiger charge is 2.21. The van der Waals surface area contributed by atoms with E-state index in [1.165, 1.54) is 4.68 Å². The van der Waals surface area contributed by atoms with Gasteiger partial charge in [-0.1, -0.05) is 30.7 Å². The van der Waals surface area contributed by atoms with Crippen LogP contribution in [0.2, 0.25) is 0 Å². The zero-order valence-electron chi connectivity index (χ0n) is 14.3. The van der Waals surface area contributed by atoms with Gasteiger partial charge < -0.3 is 10.5 Å². The number of ether oxygens (including phenoxy) is 1. The summed E-state index contributed by atoms with van der Waals surface area (Å²) in [6.07, 6.45) is 1.43. The van der Waals surface area contributed by atoms with Gasteiger partial charge in [0.05, 0.1) is 12.6 Å². The van der Waals surface area contributed by atoms with Crippen molar-refractivity contribution in [2.45, 2.75) is 19.8 Å². The zero-order valence-corrected chi connectivity index (χ0v) is 14.3. The second-order valence-corrected chi connectivity index (χ2v) is 5.67. The lowest BCUT2D eigenvalue weighted by molar-refractivity contribution is 0.104. The summed E-state index contributed by atoms with van der Waals surface area (Å²) in [4.78, 5) is 13.1. The van der Waals surface area contributed by atoms with E-state index in [2.05, 4.69) is 10.3 Å². The van der Waals surface area contributed by atoms with Crippen molar-refractivity contribution in [2.75, 3.05) is 7.11 Å². The number of hydrogen-bond acceptors (Lipinski definition) is 5. The molecule has 128 valence electrons. The summed E-state index contributed by atoms with van der Waals surface area (Å²) in [7, 11) is 1.59. The van der Waals surface area contributed by atoms with Crippen LogP contribution in [0.1, 0.15) is 30.1 Å². The van der Waals surface area contributed by atoms with Gasteiger partial charge in [-0.25, -0.2) is 4.68 Å². The summed E-state index contributed by atoms with van der Waals surface area (Å²) in [5.74, 6) is 0.499. The minimum atomic E-state index is -0.191. The van der Waals surface area contributed by atoms with Crippen LogP contribution in [0.15, 0.2) is 54.2 Å². The number of carbonyl (C=O) groups excluding carboxylic acids is 1. The number of para-hydroxylation sites is 1. The van der Waals surface area contributed by atoms with Gasteiger partial charge >= 0.3 is 0 Å². The fourth-order valence-electron chi connectivity index (χ4n) is 2.68. The molecule has 2 N–H and O–H groups in total. The van der Waals surface area contributed by atoms with Gasteiger partial charge in [-0.15, -0.1) is 5.10 Å². The third-order valence-corrected chi connectivity index (χ3v) is 3.95. The van der Waals surface area contributed by atoms with Crippen molar-refractivity contribution in [1.82, 2.24) is 15.0 Å². The lowest BCUT2D eigenvalue weighted by Gasteiger charge is -2.12. The SMILES string of the molecule is CCC/C(N)=C(/C(=O)c1ccc(OC)cc1)n1nnc2ccccc21. The molecule has 0 saturated carbocycles. The van der Waals surface area contributed by atoms with Gasteiger partial charge in [0.2, 0.25) is 5.78 Å². The van der Waals surface area contributed by atoms with Gasteiger partial charge in [0.25, 0.3) is 0 Å².